The third kappa shape index (κ3) is 4.52. The number of carbonyl (C=O) groups excluding carboxylic acids is 1. The fourth-order valence-corrected chi connectivity index (χ4v) is 4.32. The summed E-state index contributed by atoms with van der Waals surface area (Å²) in [4.78, 5) is 24.0. The Morgan fingerprint density at radius 3 is 2.62 bits per heavy atom. The molecule has 0 radical (unpaired) electrons. The predicted octanol–water partition coefficient (Wildman–Crippen LogP) is 1.84. The molecule has 1 amide bonds. The zero-order valence-corrected chi connectivity index (χ0v) is 19.2. The summed E-state index contributed by atoms with van der Waals surface area (Å²) < 4.78 is 21.7. The lowest BCUT2D eigenvalue weighted by atomic mass is 10.1. The molecule has 0 aliphatic carbocycles. The molecule has 2 aliphatic rings. The lowest BCUT2D eigenvalue weighted by Gasteiger charge is -2.47. The van der Waals surface area contributed by atoms with Gasteiger partial charge in [0, 0.05) is 57.3 Å². The van der Waals surface area contributed by atoms with Crippen LogP contribution in [0.5, 0.6) is 6.01 Å². The molecule has 0 atom stereocenters. The van der Waals surface area contributed by atoms with Gasteiger partial charge >= 0.3 is 12.0 Å². The molecule has 0 saturated carbocycles. The van der Waals surface area contributed by atoms with Crippen LogP contribution in [0.1, 0.15) is 13.8 Å². The van der Waals surface area contributed by atoms with E-state index in [1.165, 1.54) is 17.7 Å². The van der Waals surface area contributed by atoms with E-state index in [4.69, 9.17) is 4.74 Å². The Morgan fingerprint density at radius 2 is 2.00 bits per heavy atom. The highest BCUT2D eigenvalue weighted by atomic mass is 19.1. The number of benzene rings is 1. The second-order valence-corrected chi connectivity index (χ2v) is 8.76. The summed E-state index contributed by atoms with van der Waals surface area (Å²) in [5, 5.41) is 2.72. The van der Waals surface area contributed by atoms with Crippen LogP contribution < -0.4 is 15.0 Å². The highest BCUT2D eigenvalue weighted by molar-refractivity contribution is 5.92. The minimum atomic E-state index is -0.450. The number of fused-ring (bicyclic) bond motifs is 1. The molecule has 2 fully saturated rings. The van der Waals surface area contributed by atoms with Crippen LogP contribution in [0.15, 0.2) is 12.1 Å². The Hall–Kier alpha value is -2.83. The Morgan fingerprint density at radius 1 is 1.28 bits per heavy atom. The van der Waals surface area contributed by atoms with Crippen molar-refractivity contribution in [3.05, 3.63) is 17.9 Å². The number of aromatic nitrogens is 2. The Bertz CT molecular complexity index is 1040. The molecule has 8 nitrogen and oxygen atoms in total. The monoisotopic (exact) mass is 442 g/mol. The number of methoxy groups -OCH3 is 1. The summed E-state index contributed by atoms with van der Waals surface area (Å²) in [7, 11) is 3.57. The van der Waals surface area contributed by atoms with E-state index in [0.717, 1.165) is 39.3 Å². The van der Waals surface area contributed by atoms with Gasteiger partial charge in [-0.25, -0.2) is 13.8 Å². The maximum absolute atomic E-state index is 15.1. The molecular formula is C23H31FN6O2. The van der Waals surface area contributed by atoms with Crippen molar-refractivity contribution in [1.82, 2.24) is 24.7 Å². The quantitative estimate of drug-likeness (QED) is 0.729. The summed E-state index contributed by atoms with van der Waals surface area (Å²) in [6, 6.07) is 3.35. The number of hydrogen-bond donors (Lipinski definition) is 1. The first-order valence-electron chi connectivity index (χ1n) is 11.1. The molecule has 0 spiro atoms. The smallest absolute Gasteiger partial charge is 0.330 e. The number of amides is 1. The van der Waals surface area contributed by atoms with Gasteiger partial charge < -0.3 is 19.9 Å². The molecule has 0 unspecified atom stereocenters. The molecule has 1 aromatic carbocycles. The fourth-order valence-electron chi connectivity index (χ4n) is 4.32. The van der Waals surface area contributed by atoms with E-state index in [0.29, 0.717) is 22.8 Å². The van der Waals surface area contributed by atoms with Gasteiger partial charge in [-0.3, -0.25) is 4.90 Å². The van der Waals surface area contributed by atoms with Crippen LogP contribution in [0, 0.1) is 23.6 Å². The van der Waals surface area contributed by atoms with Crippen LogP contribution in [-0.4, -0.2) is 91.4 Å². The number of nitrogens with zero attached hydrogens (tertiary/aromatic N) is 5. The number of nitrogens with one attached hydrogen (secondary N) is 1. The number of anilines is 1. The molecule has 4 rings (SSSR count). The van der Waals surface area contributed by atoms with E-state index in [2.05, 4.69) is 43.9 Å². The zero-order valence-electron chi connectivity index (χ0n) is 19.2. The minimum Gasteiger partial charge on any atom is -0.468 e. The van der Waals surface area contributed by atoms with Gasteiger partial charge in [0.05, 0.1) is 30.4 Å². The van der Waals surface area contributed by atoms with Gasteiger partial charge in [-0.1, -0.05) is 25.7 Å². The molecule has 1 aromatic heterocycles. The Balaban J connectivity index is 1.51. The van der Waals surface area contributed by atoms with Gasteiger partial charge in [0.2, 0.25) is 0 Å². The van der Waals surface area contributed by atoms with Crippen LogP contribution >= 0.6 is 0 Å². The molecule has 0 bridgehead atoms. The van der Waals surface area contributed by atoms with Gasteiger partial charge in [0.25, 0.3) is 0 Å². The molecule has 2 aliphatic heterocycles. The molecule has 1 N–H and O–H groups in total. The third-order valence-corrected chi connectivity index (χ3v) is 6.01. The highest BCUT2D eigenvalue weighted by Gasteiger charge is 2.32. The maximum atomic E-state index is 15.1. The van der Waals surface area contributed by atoms with Crippen LogP contribution in [0.4, 0.5) is 14.9 Å². The lowest BCUT2D eigenvalue weighted by Crippen LogP contribution is -2.62. The van der Waals surface area contributed by atoms with Crippen molar-refractivity contribution in [2.24, 2.45) is 5.92 Å². The van der Waals surface area contributed by atoms with Gasteiger partial charge in [0.15, 0.2) is 0 Å². The van der Waals surface area contributed by atoms with E-state index in [9.17, 15) is 4.79 Å². The van der Waals surface area contributed by atoms with Gasteiger partial charge in [-0.05, 0) is 13.1 Å². The van der Waals surface area contributed by atoms with Crippen molar-refractivity contribution in [2.45, 2.75) is 19.9 Å². The highest BCUT2D eigenvalue weighted by Crippen LogP contribution is 2.30. The van der Waals surface area contributed by atoms with Crippen molar-refractivity contribution in [3.8, 4) is 17.9 Å². The average molecular weight is 443 g/mol. The lowest BCUT2D eigenvalue weighted by molar-refractivity contribution is 0.0487. The van der Waals surface area contributed by atoms with E-state index in [1.807, 2.05) is 13.8 Å². The SMILES string of the molecule is COc1nc2cc(N3CCN(C4CN(C)C4)CC3)c(F)cc2n1C(=O)NCC#CC(C)C. The fraction of sp³-hybridized carbons (Fsp3) is 0.565. The van der Waals surface area contributed by atoms with Crippen LogP contribution in [0.2, 0.25) is 0 Å². The predicted molar refractivity (Wildman–Crippen MR) is 123 cm³/mol. The molecule has 9 heteroatoms. The number of piperazine rings is 1. The first-order valence-corrected chi connectivity index (χ1v) is 11.1. The van der Waals surface area contributed by atoms with Crippen LogP contribution in [0.3, 0.4) is 0 Å². The zero-order chi connectivity index (χ0) is 22.8. The van der Waals surface area contributed by atoms with Crippen molar-refractivity contribution < 1.29 is 13.9 Å². The van der Waals surface area contributed by atoms with Gasteiger partial charge in [-0.15, -0.1) is 0 Å². The Kier molecular flexibility index (Phi) is 6.53. The second-order valence-electron chi connectivity index (χ2n) is 8.76. The maximum Gasteiger partial charge on any atom is 0.330 e. The molecule has 32 heavy (non-hydrogen) atoms. The van der Waals surface area contributed by atoms with E-state index in [-0.39, 0.29) is 24.3 Å². The van der Waals surface area contributed by atoms with Crippen molar-refractivity contribution in [2.75, 3.05) is 64.9 Å². The normalized spacial score (nSPS) is 17.9. The number of halogens is 1. The van der Waals surface area contributed by atoms with Crippen LogP contribution in [-0.2, 0) is 0 Å². The van der Waals surface area contributed by atoms with Crippen molar-refractivity contribution in [1.29, 1.82) is 0 Å². The number of carbonyl (C=O) groups is 1. The number of likely N-dealkylation sites (N-methyl/N-ethyl adjacent to an activating group) is 1. The van der Waals surface area contributed by atoms with Crippen LogP contribution in [0.25, 0.3) is 11.0 Å². The number of likely N-dealkylation sites (tertiary alicyclic amines) is 1. The molecule has 3 heterocycles. The largest absolute Gasteiger partial charge is 0.468 e. The Labute approximate surface area is 188 Å². The second kappa shape index (κ2) is 9.35. The summed E-state index contributed by atoms with van der Waals surface area (Å²) in [6.45, 7) is 9.69. The topological polar surface area (TPSA) is 65.9 Å². The van der Waals surface area contributed by atoms with E-state index >= 15 is 4.39 Å². The average Bonchev–Trinajstić information content (AvgIpc) is 3.11. The third-order valence-electron chi connectivity index (χ3n) is 6.01. The minimum absolute atomic E-state index is 0.116. The molecular weight excluding hydrogens is 411 g/mol. The summed E-state index contributed by atoms with van der Waals surface area (Å²) in [5.74, 6) is 5.75. The number of hydrogen-bond acceptors (Lipinski definition) is 6. The number of ether oxygens (including phenoxy) is 1. The van der Waals surface area contributed by atoms with E-state index < -0.39 is 6.03 Å². The van der Waals surface area contributed by atoms with E-state index in [1.54, 1.807) is 6.07 Å². The number of imidazole rings is 1. The van der Waals surface area contributed by atoms with Crippen molar-refractivity contribution in [3.63, 3.8) is 0 Å². The first kappa shape index (κ1) is 22.4. The summed E-state index contributed by atoms with van der Waals surface area (Å²) in [6.07, 6.45) is 0. The summed E-state index contributed by atoms with van der Waals surface area (Å²) >= 11 is 0. The first-order chi connectivity index (χ1) is 15.4. The van der Waals surface area contributed by atoms with Gasteiger partial charge in [0.1, 0.15) is 5.82 Å². The molecule has 2 saturated heterocycles. The molecule has 2 aromatic rings. The van der Waals surface area contributed by atoms with Crippen molar-refractivity contribution >= 4 is 22.8 Å². The summed E-state index contributed by atoms with van der Waals surface area (Å²) in [5.41, 5.74) is 1.40. The standard InChI is InChI=1S/C23H31FN6O2/c1-16(2)6-5-7-25-22(31)30-21-12-18(24)20(13-19(21)26-23(30)32-4)29-10-8-28(9-11-29)17-14-27(3)15-17/h12-13,16-17H,7-11,14-15H2,1-4H3,(H,25,31). The van der Waals surface area contributed by atoms with Gasteiger partial charge in [-0.2, -0.15) is 4.98 Å². The molecule has 172 valence electrons. The number of rotatable bonds is 4.